The van der Waals surface area contributed by atoms with Crippen LogP contribution in [0.25, 0.3) is 0 Å². The van der Waals surface area contributed by atoms with E-state index in [9.17, 15) is 13.2 Å². The third kappa shape index (κ3) is 3.57. The highest BCUT2D eigenvalue weighted by molar-refractivity contribution is 7.91. The van der Waals surface area contributed by atoms with Gasteiger partial charge in [-0.05, 0) is 6.92 Å². The molecule has 2 saturated heterocycles. The van der Waals surface area contributed by atoms with Gasteiger partial charge in [-0.15, -0.1) is 0 Å². The zero-order valence-electron chi connectivity index (χ0n) is 13.9. The highest BCUT2D eigenvalue weighted by Gasteiger charge is 2.47. The number of sulfone groups is 1. The second kappa shape index (κ2) is 6.73. The van der Waals surface area contributed by atoms with Gasteiger partial charge in [-0.2, -0.15) is 0 Å². The van der Waals surface area contributed by atoms with Gasteiger partial charge in [0.25, 0.3) is 0 Å². The highest BCUT2D eigenvalue weighted by Crippen LogP contribution is 2.28. The number of aromatic nitrogens is 2. The maximum Gasteiger partial charge on any atom is 0.248 e. The first kappa shape index (κ1) is 17.2. The molecule has 2 fully saturated rings. The van der Waals surface area contributed by atoms with E-state index in [2.05, 4.69) is 14.9 Å². The van der Waals surface area contributed by atoms with Crippen molar-refractivity contribution in [2.24, 2.45) is 0 Å². The van der Waals surface area contributed by atoms with Crippen molar-refractivity contribution in [3.63, 3.8) is 0 Å². The van der Waals surface area contributed by atoms with Gasteiger partial charge in [0.1, 0.15) is 12.4 Å². The lowest BCUT2D eigenvalue weighted by atomic mass is 10.0. The van der Waals surface area contributed by atoms with Crippen LogP contribution in [0.4, 0.5) is 0 Å². The predicted molar refractivity (Wildman–Crippen MR) is 87.0 cm³/mol. The zero-order valence-corrected chi connectivity index (χ0v) is 14.7. The Morgan fingerprint density at radius 1 is 1.25 bits per heavy atom. The molecule has 2 aliphatic heterocycles. The molecule has 132 valence electrons. The summed E-state index contributed by atoms with van der Waals surface area (Å²) >= 11 is 0. The van der Waals surface area contributed by atoms with E-state index in [1.165, 1.54) is 7.11 Å². The molecule has 0 saturated carbocycles. The van der Waals surface area contributed by atoms with Crippen molar-refractivity contribution < 1.29 is 17.9 Å². The standard InChI is InChI=1S/C15H22N4O4S/c1-11-16-5-12(6-17-11)7-18-3-4-19(15(20)8-23-2)14-10-24(21,22)9-13(14)18/h5-6,13-14H,3-4,7-10H2,1-2H3/t13-,14+/m0/s1. The van der Waals surface area contributed by atoms with Crippen molar-refractivity contribution >= 4 is 15.7 Å². The summed E-state index contributed by atoms with van der Waals surface area (Å²) < 4.78 is 29.2. The fourth-order valence-electron chi connectivity index (χ4n) is 3.47. The van der Waals surface area contributed by atoms with Crippen LogP contribution in [0.3, 0.4) is 0 Å². The Kier molecular flexibility index (Phi) is 4.84. The predicted octanol–water partition coefficient (Wildman–Crippen LogP) is -0.759. The molecule has 0 aromatic carbocycles. The molecule has 2 atom stereocenters. The van der Waals surface area contributed by atoms with Crippen LogP contribution in [-0.4, -0.2) is 84.5 Å². The molecule has 0 bridgehead atoms. The van der Waals surface area contributed by atoms with Gasteiger partial charge in [-0.25, -0.2) is 18.4 Å². The molecular weight excluding hydrogens is 332 g/mol. The van der Waals surface area contributed by atoms with Gasteiger partial charge in [-0.1, -0.05) is 0 Å². The molecule has 3 heterocycles. The number of methoxy groups -OCH3 is 1. The molecule has 2 aliphatic rings. The lowest BCUT2D eigenvalue weighted by molar-refractivity contribution is -0.141. The summed E-state index contributed by atoms with van der Waals surface area (Å²) in [7, 11) is -1.68. The summed E-state index contributed by atoms with van der Waals surface area (Å²) in [4.78, 5) is 24.4. The Balaban J connectivity index is 1.79. The largest absolute Gasteiger partial charge is 0.375 e. The van der Waals surface area contributed by atoms with Crippen LogP contribution in [0.15, 0.2) is 12.4 Å². The number of aryl methyl sites for hydroxylation is 1. The fourth-order valence-corrected chi connectivity index (χ4v) is 5.48. The summed E-state index contributed by atoms with van der Waals surface area (Å²) in [5.41, 5.74) is 0.945. The summed E-state index contributed by atoms with van der Waals surface area (Å²) in [6.07, 6.45) is 3.53. The van der Waals surface area contributed by atoms with E-state index in [0.717, 1.165) is 5.56 Å². The third-order valence-electron chi connectivity index (χ3n) is 4.60. The lowest BCUT2D eigenvalue weighted by Gasteiger charge is -2.43. The number of rotatable bonds is 4. The van der Waals surface area contributed by atoms with Crippen molar-refractivity contribution in [3.8, 4) is 0 Å². The Hall–Kier alpha value is -1.58. The number of fused-ring (bicyclic) bond motifs is 1. The van der Waals surface area contributed by atoms with Gasteiger partial charge in [-0.3, -0.25) is 9.69 Å². The van der Waals surface area contributed by atoms with Crippen LogP contribution in [0, 0.1) is 6.92 Å². The van der Waals surface area contributed by atoms with E-state index in [-0.39, 0.29) is 36.1 Å². The fraction of sp³-hybridized carbons (Fsp3) is 0.667. The van der Waals surface area contributed by atoms with Gasteiger partial charge >= 0.3 is 0 Å². The van der Waals surface area contributed by atoms with Gasteiger partial charge < -0.3 is 9.64 Å². The molecule has 0 unspecified atom stereocenters. The molecule has 0 N–H and O–H groups in total. The van der Waals surface area contributed by atoms with Gasteiger partial charge in [0.05, 0.1) is 17.5 Å². The normalized spacial score (nSPS) is 26.3. The Morgan fingerprint density at radius 2 is 1.92 bits per heavy atom. The van der Waals surface area contributed by atoms with E-state index in [1.54, 1.807) is 17.3 Å². The Bertz CT molecular complexity index is 707. The van der Waals surface area contributed by atoms with Gasteiger partial charge in [0.15, 0.2) is 9.84 Å². The van der Waals surface area contributed by atoms with Crippen LogP contribution < -0.4 is 0 Å². The maximum absolute atomic E-state index is 12.2. The van der Waals surface area contributed by atoms with E-state index >= 15 is 0 Å². The summed E-state index contributed by atoms with van der Waals surface area (Å²) in [5, 5.41) is 0. The molecule has 3 rings (SSSR count). The summed E-state index contributed by atoms with van der Waals surface area (Å²) in [6, 6.07) is -0.497. The highest BCUT2D eigenvalue weighted by atomic mass is 32.2. The first-order valence-electron chi connectivity index (χ1n) is 7.90. The number of carbonyl (C=O) groups excluding carboxylic acids is 1. The summed E-state index contributed by atoms with van der Waals surface area (Å²) in [5.74, 6) is 0.660. The van der Waals surface area contributed by atoms with Crippen molar-refractivity contribution in [2.45, 2.75) is 25.6 Å². The van der Waals surface area contributed by atoms with Crippen LogP contribution >= 0.6 is 0 Å². The molecule has 1 aromatic heterocycles. The van der Waals surface area contributed by atoms with Crippen LogP contribution in [0.1, 0.15) is 11.4 Å². The minimum atomic E-state index is -3.15. The van der Waals surface area contributed by atoms with E-state index < -0.39 is 9.84 Å². The molecule has 24 heavy (non-hydrogen) atoms. The number of ether oxygens (including phenoxy) is 1. The van der Waals surface area contributed by atoms with Gasteiger partial charge in [0, 0.05) is 50.7 Å². The number of piperazine rings is 1. The van der Waals surface area contributed by atoms with Crippen molar-refractivity contribution in [1.82, 2.24) is 19.8 Å². The third-order valence-corrected chi connectivity index (χ3v) is 6.30. The van der Waals surface area contributed by atoms with E-state index in [1.807, 2.05) is 6.92 Å². The van der Waals surface area contributed by atoms with Crippen LogP contribution in [-0.2, 0) is 25.9 Å². The van der Waals surface area contributed by atoms with Crippen LogP contribution in [0.2, 0.25) is 0 Å². The van der Waals surface area contributed by atoms with Gasteiger partial charge in [0.2, 0.25) is 5.91 Å². The Labute approximate surface area is 141 Å². The van der Waals surface area contributed by atoms with Crippen LogP contribution in [0.5, 0.6) is 0 Å². The van der Waals surface area contributed by atoms with Crippen molar-refractivity contribution in [3.05, 3.63) is 23.8 Å². The molecule has 0 spiro atoms. The second-order valence-electron chi connectivity index (χ2n) is 6.34. The quantitative estimate of drug-likeness (QED) is 0.702. The topological polar surface area (TPSA) is 92.7 Å². The maximum atomic E-state index is 12.2. The monoisotopic (exact) mass is 354 g/mol. The van der Waals surface area contributed by atoms with Crippen molar-refractivity contribution in [1.29, 1.82) is 0 Å². The SMILES string of the molecule is COCC(=O)N1CCN(Cc2cnc(C)nc2)[C@H]2CS(=O)(=O)C[C@H]21. The number of hydrogen-bond acceptors (Lipinski definition) is 7. The van der Waals surface area contributed by atoms with Crippen molar-refractivity contribution in [2.75, 3.05) is 38.3 Å². The first-order valence-corrected chi connectivity index (χ1v) is 9.72. The van der Waals surface area contributed by atoms with E-state index in [4.69, 9.17) is 4.74 Å². The molecule has 1 amide bonds. The minimum Gasteiger partial charge on any atom is -0.375 e. The molecule has 9 heteroatoms. The summed E-state index contributed by atoms with van der Waals surface area (Å²) in [6.45, 7) is 3.52. The smallest absolute Gasteiger partial charge is 0.248 e. The molecular formula is C15H22N4O4S. The average molecular weight is 354 g/mol. The first-order chi connectivity index (χ1) is 11.4. The minimum absolute atomic E-state index is 0.0188. The number of nitrogens with zero attached hydrogens (tertiary/aromatic N) is 4. The number of hydrogen-bond donors (Lipinski definition) is 0. The Morgan fingerprint density at radius 3 is 2.58 bits per heavy atom. The molecule has 0 radical (unpaired) electrons. The second-order valence-corrected chi connectivity index (χ2v) is 8.49. The number of amides is 1. The van der Waals surface area contributed by atoms with E-state index in [0.29, 0.717) is 25.5 Å². The number of carbonyl (C=O) groups is 1. The molecule has 8 nitrogen and oxygen atoms in total. The average Bonchev–Trinajstić information content (AvgIpc) is 2.85. The molecule has 1 aromatic rings. The zero-order chi connectivity index (χ0) is 17.3. The molecule has 0 aliphatic carbocycles. The lowest BCUT2D eigenvalue weighted by Crippen LogP contribution is -2.60.